The zero-order valence-electron chi connectivity index (χ0n) is 14.1. The van der Waals surface area contributed by atoms with Crippen molar-refractivity contribution < 1.29 is 4.74 Å². The predicted molar refractivity (Wildman–Crippen MR) is 95.9 cm³/mol. The Balaban J connectivity index is 1.58. The molecule has 2 N–H and O–H groups in total. The van der Waals surface area contributed by atoms with Gasteiger partial charge in [-0.15, -0.1) is 0 Å². The van der Waals surface area contributed by atoms with Crippen LogP contribution >= 0.6 is 11.8 Å². The maximum absolute atomic E-state index is 5.15. The lowest BCUT2D eigenvalue weighted by Gasteiger charge is -2.32. The summed E-state index contributed by atoms with van der Waals surface area (Å²) in [6.07, 6.45) is 5.25. The van der Waals surface area contributed by atoms with E-state index in [4.69, 9.17) is 4.74 Å². The minimum atomic E-state index is 0.762. The summed E-state index contributed by atoms with van der Waals surface area (Å²) in [6, 6.07) is 0. The fraction of sp³-hybridized carbons (Fsp3) is 0.938. The summed E-state index contributed by atoms with van der Waals surface area (Å²) in [4.78, 5) is 6.85. The van der Waals surface area contributed by atoms with Gasteiger partial charge in [-0.2, -0.15) is 11.8 Å². The fourth-order valence-corrected chi connectivity index (χ4v) is 4.31. The van der Waals surface area contributed by atoms with Crippen molar-refractivity contribution in [3.8, 4) is 0 Å². The number of aliphatic imine (C=N–C) groups is 1. The summed E-state index contributed by atoms with van der Waals surface area (Å²) < 4.78 is 5.15. The monoisotopic (exact) mass is 328 g/mol. The molecule has 128 valence electrons. The SMILES string of the molecule is CN=C(NCC1CCN(CCOC)CC1)NCC1CCCS1. The number of thioether (sulfide) groups is 1. The van der Waals surface area contributed by atoms with Gasteiger partial charge in [-0.3, -0.25) is 4.99 Å². The molecule has 0 radical (unpaired) electrons. The third-order valence-corrected chi connectivity index (χ3v) is 6.02. The molecule has 2 heterocycles. The van der Waals surface area contributed by atoms with Crippen molar-refractivity contribution in [2.75, 3.05) is 59.2 Å². The van der Waals surface area contributed by atoms with E-state index in [1.807, 2.05) is 7.05 Å². The second kappa shape index (κ2) is 10.3. The summed E-state index contributed by atoms with van der Waals surface area (Å²) in [6.45, 7) is 6.38. The van der Waals surface area contributed by atoms with Gasteiger partial charge >= 0.3 is 0 Å². The van der Waals surface area contributed by atoms with Crippen molar-refractivity contribution in [3.05, 3.63) is 0 Å². The Kier molecular flexibility index (Phi) is 8.41. The third kappa shape index (κ3) is 6.34. The first-order valence-electron chi connectivity index (χ1n) is 8.59. The van der Waals surface area contributed by atoms with E-state index >= 15 is 0 Å². The van der Waals surface area contributed by atoms with Gasteiger partial charge < -0.3 is 20.3 Å². The number of nitrogens with one attached hydrogen (secondary N) is 2. The van der Waals surface area contributed by atoms with Crippen molar-refractivity contribution in [1.82, 2.24) is 15.5 Å². The normalized spacial score (nSPS) is 24.6. The quantitative estimate of drug-likeness (QED) is 0.547. The van der Waals surface area contributed by atoms with Gasteiger partial charge in [0.05, 0.1) is 6.61 Å². The van der Waals surface area contributed by atoms with Crippen LogP contribution in [0.2, 0.25) is 0 Å². The molecule has 0 aromatic rings. The Morgan fingerprint density at radius 1 is 1.23 bits per heavy atom. The molecule has 2 fully saturated rings. The van der Waals surface area contributed by atoms with Crippen LogP contribution in [0, 0.1) is 5.92 Å². The Labute approximate surface area is 139 Å². The number of hydrogen-bond acceptors (Lipinski definition) is 4. The van der Waals surface area contributed by atoms with Gasteiger partial charge in [0.1, 0.15) is 0 Å². The topological polar surface area (TPSA) is 48.9 Å². The molecule has 0 spiro atoms. The number of methoxy groups -OCH3 is 1. The summed E-state index contributed by atoms with van der Waals surface area (Å²) in [7, 11) is 3.64. The number of nitrogens with zero attached hydrogens (tertiary/aromatic N) is 2. The highest BCUT2D eigenvalue weighted by Gasteiger charge is 2.19. The van der Waals surface area contributed by atoms with Gasteiger partial charge in [0, 0.05) is 39.0 Å². The van der Waals surface area contributed by atoms with Crippen LogP contribution in [0.15, 0.2) is 4.99 Å². The summed E-state index contributed by atoms with van der Waals surface area (Å²) in [5.74, 6) is 3.05. The molecule has 1 unspecified atom stereocenters. The molecule has 0 aromatic carbocycles. The third-order valence-electron chi connectivity index (χ3n) is 4.62. The van der Waals surface area contributed by atoms with E-state index in [-0.39, 0.29) is 0 Å². The highest BCUT2D eigenvalue weighted by Crippen LogP contribution is 2.25. The Hall–Kier alpha value is -0.460. The van der Waals surface area contributed by atoms with Crippen LogP contribution in [0.1, 0.15) is 25.7 Å². The standard InChI is InChI=1S/C16H32N4OS/c1-17-16(19-13-15-4-3-11-22-15)18-12-14-5-7-20(8-6-14)9-10-21-2/h14-15H,3-13H2,1-2H3,(H2,17,18,19). The largest absolute Gasteiger partial charge is 0.383 e. The van der Waals surface area contributed by atoms with Crippen LogP contribution in [-0.2, 0) is 4.74 Å². The first kappa shape index (κ1) is 17.9. The van der Waals surface area contributed by atoms with Crippen molar-refractivity contribution in [3.63, 3.8) is 0 Å². The Morgan fingerprint density at radius 2 is 2.00 bits per heavy atom. The Bertz CT molecular complexity index is 326. The van der Waals surface area contributed by atoms with Crippen LogP contribution in [0.5, 0.6) is 0 Å². The molecule has 0 aromatic heterocycles. The molecule has 22 heavy (non-hydrogen) atoms. The average Bonchev–Trinajstić information content (AvgIpc) is 3.07. The second-order valence-corrected chi connectivity index (χ2v) is 7.66. The molecular weight excluding hydrogens is 296 g/mol. The zero-order valence-corrected chi connectivity index (χ0v) is 15.0. The van der Waals surface area contributed by atoms with Crippen LogP contribution in [0.4, 0.5) is 0 Å². The van der Waals surface area contributed by atoms with Gasteiger partial charge in [0.25, 0.3) is 0 Å². The number of ether oxygens (including phenoxy) is 1. The molecular formula is C16H32N4OS. The summed E-state index contributed by atoms with van der Waals surface area (Å²) in [5.41, 5.74) is 0. The molecule has 2 aliphatic heterocycles. The number of hydrogen-bond donors (Lipinski definition) is 2. The summed E-state index contributed by atoms with van der Waals surface area (Å²) >= 11 is 2.09. The minimum absolute atomic E-state index is 0.762. The number of guanidine groups is 1. The minimum Gasteiger partial charge on any atom is -0.383 e. The smallest absolute Gasteiger partial charge is 0.191 e. The van der Waals surface area contributed by atoms with Gasteiger partial charge in [-0.1, -0.05) is 0 Å². The summed E-state index contributed by atoms with van der Waals surface area (Å²) in [5, 5.41) is 7.75. The predicted octanol–water partition coefficient (Wildman–Crippen LogP) is 1.41. The molecule has 0 amide bonds. The highest BCUT2D eigenvalue weighted by atomic mass is 32.2. The van der Waals surface area contributed by atoms with Gasteiger partial charge in [-0.05, 0) is 50.4 Å². The van der Waals surface area contributed by atoms with E-state index in [1.165, 1.54) is 44.5 Å². The molecule has 0 aliphatic carbocycles. The van der Waals surface area contributed by atoms with E-state index in [0.717, 1.165) is 43.4 Å². The number of piperidine rings is 1. The maximum Gasteiger partial charge on any atom is 0.191 e. The van der Waals surface area contributed by atoms with Gasteiger partial charge in [0.15, 0.2) is 5.96 Å². The van der Waals surface area contributed by atoms with Crippen LogP contribution in [0.3, 0.4) is 0 Å². The van der Waals surface area contributed by atoms with Crippen molar-refractivity contribution in [2.45, 2.75) is 30.9 Å². The molecule has 0 bridgehead atoms. The molecule has 2 saturated heterocycles. The molecule has 5 nitrogen and oxygen atoms in total. The second-order valence-electron chi connectivity index (χ2n) is 6.25. The van der Waals surface area contributed by atoms with Crippen LogP contribution in [0.25, 0.3) is 0 Å². The van der Waals surface area contributed by atoms with E-state index in [9.17, 15) is 0 Å². The molecule has 2 aliphatic rings. The maximum atomic E-state index is 5.15. The fourth-order valence-electron chi connectivity index (χ4n) is 3.11. The van der Waals surface area contributed by atoms with E-state index in [2.05, 4.69) is 32.3 Å². The Morgan fingerprint density at radius 3 is 2.64 bits per heavy atom. The lowest BCUT2D eigenvalue weighted by atomic mass is 9.97. The lowest BCUT2D eigenvalue weighted by Crippen LogP contribution is -2.44. The number of likely N-dealkylation sites (tertiary alicyclic amines) is 1. The highest BCUT2D eigenvalue weighted by molar-refractivity contribution is 8.00. The van der Waals surface area contributed by atoms with E-state index in [0.29, 0.717) is 0 Å². The van der Waals surface area contributed by atoms with E-state index in [1.54, 1.807) is 7.11 Å². The molecule has 1 atom stereocenters. The first-order valence-corrected chi connectivity index (χ1v) is 9.64. The average molecular weight is 329 g/mol. The van der Waals surface area contributed by atoms with Crippen molar-refractivity contribution in [1.29, 1.82) is 0 Å². The van der Waals surface area contributed by atoms with Crippen molar-refractivity contribution >= 4 is 17.7 Å². The number of rotatable bonds is 7. The van der Waals surface area contributed by atoms with Crippen molar-refractivity contribution in [2.24, 2.45) is 10.9 Å². The van der Waals surface area contributed by atoms with Crippen LogP contribution in [-0.4, -0.2) is 75.4 Å². The lowest BCUT2D eigenvalue weighted by molar-refractivity contribution is 0.121. The van der Waals surface area contributed by atoms with E-state index < -0.39 is 0 Å². The molecule has 2 rings (SSSR count). The molecule has 6 heteroatoms. The van der Waals surface area contributed by atoms with Gasteiger partial charge in [-0.25, -0.2) is 0 Å². The van der Waals surface area contributed by atoms with Crippen LogP contribution < -0.4 is 10.6 Å². The first-order chi connectivity index (χ1) is 10.8. The zero-order chi connectivity index (χ0) is 15.6. The van der Waals surface area contributed by atoms with Gasteiger partial charge in [0.2, 0.25) is 0 Å². The molecule has 0 saturated carbocycles.